The number of carbonyl (C=O) groups excluding carboxylic acids is 1. The second-order valence-corrected chi connectivity index (χ2v) is 4.21. The molecule has 98 valence electrons. The Balaban J connectivity index is 2.88. The van der Waals surface area contributed by atoms with Crippen LogP contribution in [0.1, 0.15) is 54.6 Å². The average molecular weight is 250 g/mol. The molecular weight excluding hydrogens is 232 g/mol. The zero-order valence-electron chi connectivity index (χ0n) is 10.4. The molecule has 0 saturated heterocycles. The molecule has 0 radical (unpaired) electrons. The number of hydrogen-bond acceptors (Lipinski definition) is 3. The molecule has 1 aromatic carbocycles. The molecule has 0 heterocycles. The number of unbranched alkanes of at least 4 members (excludes halogenated alkanes) is 2. The van der Waals surface area contributed by atoms with Crippen molar-refractivity contribution >= 4 is 11.8 Å². The fourth-order valence-corrected chi connectivity index (χ4v) is 1.79. The van der Waals surface area contributed by atoms with Crippen molar-refractivity contribution in [1.82, 2.24) is 0 Å². The summed E-state index contributed by atoms with van der Waals surface area (Å²) >= 11 is 0. The zero-order valence-corrected chi connectivity index (χ0v) is 10.4. The topological polar surface area (TPSA) is 74.6 Å². The second kappa shape index (κ2) is 6.91. The molecule has 4 nitrogen and oxygen atoms in total. The van der Waals surface area contributed by atoms with Crippen molar-refractivity contribution in [2.24, 2.45) is 0 Å². The van der Waals surface area contributed by atoms with E-state index in [0.29, 0.717) is 12.0 Å². The minimum Gasteiger partial charge on any atom is -0.479 e. The van der Waals surface area contributed by atoms with E-state index in [4.69, 9.17) is 5.11 Å². The summed E-state index contributed by atoms with van der Waals surface area (Å²) in [6.07, 6.45) is 1.52. The smallest absolute Gasteiger partial charge is 0.337 e. The van der Waals surface area contributed by atoms with Gasteiger partial charge in [0.2, 0.25) is 0 Å². The van der Waals surface area contributed by atoms with Crippen LogP contribution in [-0.4, -0.2) is 22.0 Å². The molecule has 0 fully saturated rings. The van der Waals surface area contributed by atoms with E-state index in [1.807, 2.05) is 6.92 Å². The van der Waals surface area contributed by atoms with Gasteiger partial charge in [0.25, 0.3) is 0 Å². The third-order valence-electron chi connectivity index (χ3n) is 2.80. The van der Waals surface area contributed by atoms with E-state index < -0.39 is 12.1 Å². The van der Waals surface area contributed by atoms with E-state index in [1.54, 1.807) is 18.2 Å². The van der Waals surface area contributed by atoms with Crippen molar-refractivity contribution in [3.63, 3.8) is 0 Å². The Morgan fingerprint density at radius 1 is 1.22 bits per heavy atom. The fourth-order valence-electron chi connectivity index (χ4n) is 1.79. The normalized spacial score (nSPS) is 12.1. The third kappa shape index (κ3) is 3.67. The van der Waals surface area contributed by atoms with Gasteiger partial charge in [-0.1, -0.05) is 44.0 Å². The molecule has 0 saturated carbocycles. The van der Waals surface area contributed by atoms with Gasteiger partial charge in [-0.05, 0) is 6.42 Å². The highest BCUT2D eigenvalue weighted by Gasteiger charge is 2.21. The lowest BCUT2D eigenvalue weighted by Crippen LogP contribution is -2.15. The first kappa shape index (κ1) is 14.4. The molecule has 1 aromatic rings. The monoisotopic (exact) mass is 250 g/mol. The van der Waals surface area contributed by atoms with Gasteiger partial charge >= 0.3 is 5.97 Å². The van der Waals surface area contributed by atoms with E-state index in [1.165, 1.54) is 6.07 Å². The molecule has 4 heteroatoms. The molecule has 0 aliphatic rings. The number of aliphatic hydroxyl groups excluding tert-OH is 1. The third-order valence-corrected chi connectivity index (χ3v) is 2.80. The first-order valence-corrected chi connectivity index (χ1v) is 6.11. The Morgan fingerprint density at radius 3 is 2.50 bits per heavy atom. The van der Waals surface area contributed by atoms with Crippen molar-refractivity contribution in [3.8, 4) is 0 Å². The van der Waals surface area contributed by atoms with Gasteiger partial charge in [-0.3, -0.25) is 4.79 Å². The quantitative estimate of drug-likeness (QED) is 0.576. The van der Waals surface area contributed by atoms with Crippen molar-refractivity contribution in [3.05, 3.63) is 35.4 Å². The molecule has 0 aromatic heterocycles. The Kier molecular flexibility index (Phi) is 5.52. The Labute approximate surface area is 106 Å². The molecule has 1 rings (SSSR count). The first-order chi connectivity index (χ1) is 8.57. The number of aliphatic hydroxyl groups is 1. The van der Waals surface area contributed by atoms with E-state index in [2.05, 4.69) is 0 Å². The summed E-state index contributed by atoms with van der Waals surface area (Å²) in [5, 5.41) is 18.3. The van der Waals surface area contributed by atoms with Crippen LogP contribution in [0, 0.1) is 0 Å². The molecule has 18 heavy (non-hydrogen) atoms. The number of Topliss-reactive ketones (excluding diaryl/α,β-unsaturated/α-hetero) is 1. The molecule has 0 bridgehead atoms. The fraction of sp³-hybridized carbons (Fsp3) is 0.429. The number of hydrogen-bond donors (Lipinski definition) is 2. The lowest BCUT2D eigenvalue weighted by molar-refractivity contribution is -0.146. The molecular formula is C14H18O4. The van der Waals surface area contributed by atoms with Gasteiger partial charge in [-0.25, -0.2) is 4.79 Å². The summed E-state index contributed by atoms with van der Waals surface area (Å²) in [5.74, 6) is -1.46. The van der Waals surface area contributed by atoms with E-state index >= 15 is 0 Å². The minimum atomic E-state index is -1.64. The van der Waals surface area contributed by atoms with Gasteiger partial charge in [-0.15, -0.1) is 0 Å². The summed E-state index contributed by atoms with van der Waals surface area (Å²) in [4.78, 5) is 22.7. The van der Waals surface area contributed by atoms with E-state index in [0.717, 1.165) is 19.3 Å². The number of carboxylic acid groups (broad SMARTS) is 1. The van der Waals surface area contributed by atoms with Crippen molar-refractivity contribution in [1.29, 1.82) is 0 Å². The minimum absolute atomic E-state index is 0.112. The highest BCUT2D eigenvalue weighted by Crippen LogP contribution is 2.20. The van der Waals surface area contributed by atoms with Crippen LogP contribution in [0.2, 0.25) is 0 Å². The number of aliphatic carboxylic acids is 1. The number of carboxylic acids is 1. The maximum Gasteiger partial charge on any atom is 0.337 e. The van der Waals surface area contributed by atoms with Gasteiger partial charge in [0, 0.05) is 17.5 Å². The summed E-state index contributed by atoms with van der Waals surface area (Å²) in [5.41, 5.74) is 0.481. The van der Waals surface area contributed by atoms with Gasteiger partial charge in [0.05, 0.1) is 0 Å². The maximum atomic E-state index is 12.0. The predicted molar refractivity (Wildman–Crippen MR) is 67.5 cm³/mol. The lowest BCUT2D eigenvalue weighted by atomic mass is 9.96. The van der Waals surface area contributed by atoms with Crippen LogP contribution in [0.4, 0.5) is 0 Å². The maximum absolute atomic E-state index is 12.0. The predicted octanol–water partition coefficient (Wildman–Crippen LogP) is 2.57. The van der Waals surface area contributed by atoms with Crippen molar-refractivity contribution in [2.75, 3.05) is 0 Å². The van der Waals surface area contributed by atoms with Gasteiger partial charge in [0.15, 0.2) is 11.9 Å². The van der Waals surface area contributed by atoms with Gasteiger partial charge in [-0.2, -0.15) is 0 Å². The molecule has 0 aliphatic heterocycles. The van der Waals surface area contributed by atoms with Crippen LogP contribution in [0.15, 0.2) is 24.3 Å². The van der Waals surface area contributed by atoms with E-state index in [9.17, 15) is 14.7 Å². The number of carbonyl (C=O) groups is 2. The molecule has 0 aliphatic carbocycles. The summed E-state index contributed by atoms with van der Waals surface area (Å²) in [6.45, 7) is 2.05. The Bertz CT molecular complexity index is 426. The largest absolute Gasteiger partial charge is 0.479 e. The van der Waals surface area contributed by atoms with Gasteiger partial charge in [0.1, 0.15) is 0 Å². The molecule has 1 atom stereocenters. The number of ketones is 1. The van der Waals surface area contributed by atoms with Crippen LogP contribution in [-0.2, 0) is 4.79 Å². The van der Waals surface area contributed by atoms with Crippen LogP contribution in [0.5, 0.6) is 0 Å². The van der Waals surface area contributed by atoms with Crippen LogP contribution < -0.4 is 0 Å². The highest BCUT2D eigenvalue weighted by atomic mass is 16.4. The number of benzene rings is 1. The van der Waals surface area contributed by atoms with Crippen LogP contribution in [0.25, 0.3) is 0 Å². The number of rotatable bonds is 7. The average Bonchev–Trinajstić information content (AvgIpc) is 2.38. The molecule has 0 amide bonds. The van der Waals surface area contributed by atoms with Gasteiger partial charge < -0.3 is 10.2 Å². The Hall–Kier alpha value is -1.68. The molecule has 2 N–H and O–H groups in total. The SMILES string of the molecule is CCCCCC(=O)c1ccccc1C(O)C(=O)O. The zero-order chi connectivity index (χ0) is 13.5. The highest BCUT2D eigenvalue weighted by molar-refractivity contribution is 5.98. The second-order valence-electron chi connectivity index (χ2n) is 4.21. The summed E-state index contributed by atoms with van der Waals surface area (Å²) in [6, 6.07) is 6.33. The standard InChI is InChI=1S/C14H18O4/c1-2-3-4-9-12(15)10-7-5-6-8-11(10)13(16)14(17)18/h5-8,13,16H,2-4,9H2,1H3,(H,17,18). The van der Waals surface area contributed by atoms with Crippen molar-refractivity contribution < 1.29 is 19.8 Å². The van der Waals surface area contributed by atoms with Crippen molar-refractivity contribution in [2.45, 2.75) is 38.7 Å². The molecule has 0 spiro atoms. The van der Waals surface area contributed by atoms with Crippen LogP contribution >= 0.6 is 0 Å². The summed E-state index contributed by atoms with van der Waals surface area (Å²) in [7, 11) is 0. The molecule has 1 unspecified atom stereocenters. The van der Waals surface area contributed by atoms with Crippen LogP contribution in [0.3, 0.4) is 0 Å². The Morgan fingerprint density at radius 2 is 1.89 bits per heavy atom. The lowest BCUT2D eigenvalue weighted by Gasteiger charge is -2.11. The summed E-state index contributed by atoms with van der Waals surface area (Å²) < 4.78 is 0. The van der Waals surface area contributed by atoms with E-state index in [-0.39, 0.29) is 11.3 Å². The first-order valence-electron chi connectivity index (χ1n) is 6.11.